The van der Waals surface area contributed by atoms with Crippen molar-refractivity contribution in [3.63, 3.8) is 0 Å². The molecule has 0 fully saturated rings. The predicted octanol–water partition coefficient (Wildman–Crippen LogP) is 3.13. The first-order valence-corrected chi connectivity index (χ1v) is 6.91. The van der Waals surface area contributed by atoms with E-state index >= 15 is 0 Å². The topological polar surface area (TPSA) is 49.8 Å². The minimum Gasteiger partial charge on any atom is -0.504 e. The molecular weight excluding hydrogens is 285 g/mol. The monoisotopic (exact) mass is 303 g/mol. The molecule has 0 bridgehead atoms. The van der Waals surface area contributed by atoms with Gasteiger partial charge in [0.1, 0.15) is 5.82 Å². The number of para-hydroxylation sites is 2. The molecule has 0 aliphatic heterocycles. The second kappa shape index (κ2) is 6.93. The number of rotatable bonds is 5. The van der Waals surface area contributed by atoms with Gasteiger partial charge < -0.3 is 14.7 Å². The fourth-order valence-corrected chi connectivity index (χ4v) is 2.00. The minimum atomic E-state index is -0.312. The Labute approximate surface area is 128 Å². The second-order valence-electron chi connectivity index (χ2n) is 4.99. The first kappa shape index (κ1) is 15.8. The first-order valence-electron chi connectivity index (χ1n) is 6.91. The maximum absolute atomic E-state index is 12.9. The average Bonchev–Trinajstić information content (AvgIpc) is 2.53. The Morgan fingerprint density at radius 1 is 1.23 bits per heavy atom. The molecule has 2 aromatic carbocycles. The van der Waals surface area contributed by atoms with E-state index in [1.165, 1.54) is 23.1 Å². The van der Waals surface area contributed by atoms with Gasteiger partial charge in [-0.05, 0) is 36.8 Å². The van der Waals surface area contributed by atoms with Gasteiger partial charge in [0.05, 0.1) is 6.04 Å². The molecule has 0 heterocycles. The highest BCUT2D eigenvalue weighted by Crippen LogP contribution is 2.25. The third kappa shape index (κ3) is 3.75. The van der Waals surface area contributed by atoms with Crippen LogP contribution >= 0.6 is 0 Å². The van der Waals surface area contributed by atoms with Gasteiger partial charge in [-0.1, -0.05) is 24.3 Å². The zero-order chi connectivity index (χ0) is 16.1. The third-order valence-corrected chi connectivity index (χ3v) is 3.54. The fraction of sp³-hybridized carbons (Fsp3) is 0.235. The Bertz CT molecular complexity index is 643. The van der Waals surface area contributed by atoms with Gasteiger partial charge in [-0.3, -0.25) is 4.79 Å². The molecule has 0 saturated carbocycles. The molecule has 4 nitrogen and oxygen atoms in total. The molecule has 116 valence electrons. The van der Waals surface area contributed by atoms with Gasteiger partial charge in [-0.2, -0.15) is 0 Å². The van der Waals surface area contributed by atoms with E-state index < -0.39 is 0 Å². The number of phenols is 1. The Kier molecular flexibility index (Phi) is 4.99. The van der Waals surface area contributed by atoms with Crippen LogP contribution in [0.3, 0.4) is 0 Å². The van der Waals surface area contributed by atoms with Crippen LogP contribution in [0.1, 0.15) is 18.5 Å². The molecule has 22 heavy (non-hydrogen) atoms. The molecule has 5 heteroatoms. The number of phenolic OH excluding ortho intramolecular Hbond substituents is 1. The zero-order valence-electron chi connectivity index (χ0n) is 12.5. The van der Waals surface area contributed by atoms with Crippen molar-refractivity contribution in [3.05, 3.63) is 59.9 Å². The molecule has 0 saturated heterocycles. The van der Waals surface area contributed by atoms with E-state index in [1.807, 2.05) is 6.92 Å². The molecule has 1 unspecified atom stereocenters. The van der Waals surface area contributed by atoms with Crippen molar-refractivity contribution in [2.75, 3.05) is 13.7 Å². The summed E-state index contributed by atoms with van der Waals surface area (Å²) in [5.41, 5.74) is 0.833. The van der Waals surface area contributed by atoms with Gasteiger partial charge in [0.15, 0.2) is 18.1 Å². The molecule has 2 aromatic rings. The quantitative estimate of drug-likeness (QED) is 0.923. The van der Waals surface area contributed by atoms with Crippen LogP contribution in [0.2, 0.25) is 0 Å². The zero-order valence-corrected chi connectivity index (χ0v) is 12.5. The molecular formula is C17H18FNO3. The lowest BCUT2D eigenvalue weighted by molar-refractivity contribution is -0.134. The average molecular weight is 303 g/mol. The molecule has 0 aromatic heterocycles. The van der Waals surface area contributed by atoms with Crippen molar-refractivity contribution in [1.82, 2.24) is 4.90 Å². The van der Waals surface area contributed by atoms with E-state index in [0.29, 0.717) is 0 Å². The number of carbonyl (C=O) groups is 1. The standard InChI is InChI=1S/C17H18FNO3/c1-12(13-7-9-14(18)10-8-13)19(2)17(21)11-22-16-6-4-3-5-15(16)20/h3-10,12,20H,11H2,1-2H3. The minimum absolute atomic E-state index is 0.00969. The van der Waals surface area contributed by atoms with Crippen LogP contribution in [-0.2, 0) is 4.79 Å². The van der Waals surface area contributed by atoms with Crippen LogP contribution in [0.5, 0.6) is 11.5 Å². The van der Waals surface area contributed by atoms with Crippen molar-refractivity contribution in [1.29, 1.82) is 0 Å². The summed E-state index contributed by atoms with van der Waals surface area (Å²) < 4.78 is 18.3. The number of hydrogen-bond donors (Lipinski definition) is 1. The summed E-state index contributed by atoms with van der Waals surface area (Å²) in [7, 11) is 1.66. The van der Waals surface area contributed by atoms with Gasteiger partial charge in [0.25, 0.3) is 5.91 Å². The summed E-state index contributed by atoms with van der Waals surface area (Å²) in [6, 6.07) is 12.3. The number of hydrogen-bond acceptors (Lipinski definition) is 3. The van der Waals surface area contributed by atoms with E-state index in [2.05, 4.69) is 0 Å². The molecule has 1 atom stereocenters. The number of aromatic hydroxyl groups is 1. The normalized spacial score (nSPS) is 11.8. The SMILES string of the molecule is CC(c1ccc(F)cc1)N(C)C(=O)COc1ccccc1O. The largest absolute Gasteiger partial charge is 0.504 e. The third-order valence-electron chi connectivity index (χ3n) is 3.54. The molecule has 1 amide bonds. The summed E-state index contributed by atoms with van der Waals surface area (Å²) >= 11 is 0. The molecule has 2 rings (SSSR count). The Hall–Kier alpha value is -2.56. The number of benzene rings is 2. The lowest BCUT2D eigenvalue weighted by atomic mass is 10.1. The van der Waals surface area contributed by atoms with Crippen molar-refractivity contribution < 1.29 is 19.0 Å². The molecule has 0 radical (unpaired) electrons. The number of halogens is 1. The highest BCUT2D eigenvalue weighted by Gasteiger charge is 2.18. The Morgan fingerprint density at radius 2 is 1.86 bits per heavy atom. The highest BCUT2D eigenvalue weighted by molar-refractivity contribution is 5.78. The molecule has 0 spiro atoms. The van der Waals surface area contributed by atoms with Crippen molar-refractivity contribution in [2.24, 2.45) is 0 Å². The lowest BCUT2D eigenvalue weighted by Crippen LogP contribution is -2.33. The Morgan fingerprint density at radius 3 is 2.50 bits per heavy atom. The summed E-state index contributed by atoms with van der Waals surface area (Å²) in [6.07, 6.45) is 0. The van der Waals surface area contributed by atoms with Gasteiger partial charge in [-0.25, -0.2) is 4.39 Å². The summed E-state index contributed by atoms with van der Waals surface area (Å²) in [6.45, 7) is 1.67. The predicted molar refractivity (Wildman–Crippen MR) is 81.2 cm³/mol. The second-order valence-corrected chi connectivity index (χ2v) is 4.99. The first-order chi connectivity index (χ1) is 10.5. The fourth-order valence-electron chi connectivity index (χ4n) is 2.00. The maximum Gasteiger partial charge on any atom is 0.260 e. The van der Waals surface area contributed by atoms with Crippen molar-refractivity contribution in [2.45, 2.75) is 13.0 Å². The van der Waals surface area contributed by atoms with Crippen LogP contribution in [0.25, 0.3) is 0 Å². The van der Waals surface area contributed by atoms with Crippen LogP contribution in [-0.4, -0.2) is 29.6 Å². The van der Waals surface area contributed by atoms with Crippen molar-refractivity contribution in [3.8, 4) is 11.5 Å². The maximum atomic E-state index is 12.9. The van der Waals surface area contributed by atoms with Crippen LogP contribution in [0.15, 0.2) is 48.5 Å². The van der Waals surface area contributed by atoms with E-state index in [4.69, 9.17) is 4.74 Å². The van der Waals surface area contributed by atoms with Crippen molar-refractivity contribution >= 4 is 5.91 Å². The number of likely N-dealkylation sites (N-methyl/N-ethyl adjacent to an activating group) is 1. The number of amides is 1. The van der Waals surface area contributed by atoms with Gasteiger partial charge in [0.2, 0.25) is 0 Å². The Balaban J connectivity index is 1.97. The van der Waals surface area contributed by atoms with E-state index in [0.717, 1.165) is 5.56 Å². The molecule has 0 aliphatic rings. The summed E-state index contributed by atoms with van der Waals surface area (Å²) in [4.78, 5) is 13.7. The summed E-state index contributed by atoms with van der Waals surface area (Å²) in [5.74, 6) is -0.295. The smallest absolute Gasteiger partial charge is 0.260 e. The van der Waals surface area contributed by atoms with E-state index in [1.54, 1.807) is 37.4 Å². The van der Waals surface area contributed by atoms with E-state index in [9.17, 15) is 14.3 Å². The number of nitrogens with zero attached hydrogens (tertiary/aromatic N) is 1. The van der Waals surface area contributed by atoms with E-state index in [-0.39, 0.29) is 35.9 Å². The van der Waals surface area contributed by atoms with Crippen LogP contribution in [0, 0.1) is 5.82 Å². The molecule has 1 N–H and O–H groups in total. The molecule has 0 aliphatic carbocycles. The van der Waals surface area contributed by atoms with Crippen LogP contribution in [0.4, 0.5) is 4.39 Å². The van der Waals surface area contributed by atoms with Gasteiger partial charge in [0, 0.05) is 7.05 Å². The van der Waals surface area contributed by atoms with Gasteiger partial charge in [-0.15, -0.1) is 0 Å². The number of ether oxygens (including phenoxy) is 1. The summed E-state index contributed by atoms with van der Waals surface area (Å²) in [5, 5.41) is 9.59. The highest BCUT2D eigenvalue weighted by atomic mass is 19.1. The van der Waals surface area contributed by atoms with Crippen LogP contribution < -0.4 is 4.74 Å². The lowest BCUT2D eigenvalue weighted by Gasteiger charge is -2.25. The number of carbonyl (C=O) groups excluding carboxylic acids is 1. The van der Waals surface area contributed by atoms with Gasteiger partial charge >= 0.3 is 0 Å².